The van der Waals surface area contributed by atoms with Crippen LogP contribution in [0.15, 0.2) is 48.5 Å². The molecule has 0 radical (unpaired) electrons. The molecule has 0 saturated carbocycles. The number of anilines is 1. The Morgan fingerprint density at radius 2 is 1.92 bits per heavy atom. The van der Waals surface area contributed by atoms with Gasteiger partial charge in [0.05, 0.1) is 11.5 Å². The molecular formula is C18H19N3O5. The first kappa shape index (κ1) is 17.5. The van der Waals surface area contributed by atoms with Crippen LogP contribution in [0.4, 0.5) is 16.2 Å². The molecule has 0 aliphatic carbocycles. The number of likely N-dealkylation sites (N-methyl/N-ethyl adjacent to an activating group) is 1. The molecule has 2 aromatic carbocycles. The Bertz CT molecular complexity index is 794. The molecule has 26 heavy (non-hydrogen) atoms. The minimum atomic E-state index is -0.484. The van der Waals surface area contributed by atoms with E-state index >= 15 is 0 Å². The highest BCUT2D eigenvalue weighted by Gasteiger charge is 2.24. The largest absolute Gasteiger partial charge is 0.486 e. The molecule has 0 bridgehead atoms. The number of nitrogens with one attached hydrogen (secondary N) is 1. The van der Waals surface area contributed by atoms with Gasteiger partial charge >= 0.3 is 6.03 Å². The molecule has 1 atom stereocenters. The van der Waals surface area contributed by atoms with E-state index in [4.69, 9.17) is 9.47 Å². The number of non-ortho nitro benzene ring substituents is 1. The summed E-state index contributed by atoms with van der Waals surface area (Å²) in [6, 6.07) is 12.8. The molecule has 0 fully saturated rings. The number of hydrogen-bond acceptors (Lipinski definition) is 5. The summed E-state index contributed by atoms with van der Waals surface area (Å²) in [7, 11) is 0. The minimum absolute atomic E-state index is 0.0261. The molecule has 1 unspecified atom stereocenters. The maximum absolute atomic E-state index is 12.5. The Labute approximate surface area is 150 Å². The quantitative estimate of drug-likeness (QED) is 0.654. The minimum Gasteiger partial charge on any atom is -0.486 e. The second-order valence-corrected chi connectivity index (χ2v) is 5.77. The van der Waals surface area contributed by atoms with Crippen molar-refractivity contribution >= 4 is 17.4 Å². The lowest BCUT2D eigenvalue weighted by Crippen LogP contribution is -2.45. The smallest absolute Gasteiger partial charge is 0.321 e. The molecule has 1 aliphatic rings. The zero-order valence-electron chi connectivity index (χ0n) is 14.3. The second kappa shape index (κ2) is 7.73. The second-order valence-electron chi connectivity index (χ2n) is 5.77. The van der Waals surface area contributed by atoms with Crippen LogP contribution in [0.1, 0.15) is 6.92 Å². The van der Waals surface area contributed by atoms with Gasteiger partial charge in [0.25, 0.3) is 5.69 Å². The standard InChI is InChI=1S/C18H19N3O5/c1-2-20(11-15-12-25-16-5-3-4-6-17(16)26-15)18(22)19-13-7-9-14(10-8-13)21(23)24/h3-10,15H,2,11-12H2,1H3,(H,19,22). The molecule has 2 amide bonds. The van der Waals surface area contributed by atoms with Gasteiger partial charge < -0.3 is 19.7 Å². The van der Waals surface area contributed by atoms with Crippen molar-refractivity contribution in [2.75, 3.05) is 25.0 Å². The number of carbonyl (C=O) groups excluding carboxylic acids is 1. The van der Waals surface area contributed by atoms with Crippen LogP contribution in [0.2, 0.25) is 0 Å². The molecule has 0 saturated heterocycles. The zero-order valence-corrected chi connectivity index (χ0v) is 14.3. The van der Waals surface area contributed by atoms with E-state index in [9.17, 15) is 14.9 Å². The van der Waals surface area contributed by atoms with Crippen LogP contribution in [0.25, 0.3) is 0 Å². The average molecular weight is 357 g/mol. The van der Waals surface area contributed by atoms with Gasteiger partial charge in [0.15, 0.2) is 17.6 Å². The number of rotatable bonds is 5. The highest BCUT2D eigenvalue weighted by atomic mass is 16.6. The highest BCUT2D eigenvalue weighted by molar-refractivity contribution is 5.89. The number of nitro groups is 1. The van der Waals surface area contributed by atoms with Crippen molar-refractivity contribution in [1.29, 1.82) is 0 Å². The molecular weight excluding hydrogens is 338 g/mol. The Balaban J connectivity index is 1.60. The van der Waals surface area contributed by atoms with Crippen LogP contribution in [-0.4, -0.2) is 41.7 Å². The van der Waals surface area contributed by atoms with Crippen molar-refractivity contribution in [3.63, 3.8) is 0 Å². The summed E-state index contributed by atoms with van der Waals surface area (Å²) in [5.41, 5.74) is 0.465. The molecule has 0 aromatic heterocycles. The number of fused-ring (bicyclic) bond motifs is 1. The summed E-state index contributed by atoms with van der Waals surface area (Å²) >= 11 is 0. The van der Waals surface area contributed by atoms with Crippen molar-refractivity contribution in [2.24, 2.45) is 0 Å². The first-order valence-electron chi connectivity index (χ1n) is 8.25. The predicted octanol–water partition coefficient (Wildman–Crippen LogP) is 3.29. The fourth-order valence-corrected chi connectivity index (χ4v) is 2.62. The van der Waals surface area contributed by atoms with Crippen LogP contribution in [-0.2, 0) is 0 Å². The number of benzene rings is 2. The van der Waals surface area contributed by atoms with Crippen LogP contribution in [0.3, 0.4) is 0 Å². The van der Waals surface area contributed by atoms with Gasteiger partial charge in [-0.2, -0.15) is 0 Å². The van der Waals surface area contributed by atoms with Gasteiger partial charge in [-0.05, 0) is 31.2 Å². The zero-order chi connectivity index (χ0) is 18.5. The summed E-state index contributed by atoms with van der Waals surface area (Å²) in [5, 5.41) is 13.4. The monoisotopic (exact) mass is 357 g/mol. The van der Waals surface area contributed by atoms with Crippen molar-refractivity contribution in [1.82, 2.24) is 4.90 Å². The van der Waals surface area contributed by atoms with E-state index < -0.39 is 4.92 Å². The first-order chi connectivity index (χ1) is 12.6. The third kappa shape index (κ3) is 4.02. The Kier molecular flexibility index (Phi) is 5.21. The highest BCUT2D eigenvalue weighted by Crippen LogP contribution is 2.31. The molecule has 2 aromatic rings. The Hall–Kier alpha value is -3.29. The number of hydrogen-bond donors (Lipinski definition) is 1. The normalized spacial score (nSPS) is 15.2. The number of urea groups is 1. The van der Waals surface area contributed by atoms with Gasteiger partial charge in [-0.1, -0.05) is 12.1 Å². The van der Waals surface area contributed by atoms with Gasteiger partial charge in [-0.3, -0.25) is 10.1 Å². The summed E-state index contributed by atoms with van der Waals surface area (Å²) in [4.78, 5) is 24.3. The number of para-hydroxylation sites is 2. The Morgan fingerprint density at radius 1 is 1.23 bits per heavy atom. The third-order valence-electron chi connectivity index (χ3n) is 3.99. The molecule has 1 heterocycles. The van der Waals surface area contributed by atoms with Gasteiger partial charge in [-0.15, -0.1) is 0 Å². The van der Waals surface area contributed by atoms with E-state index in [0.717, 1.165) is 0 Å². The molecule has 1 aliphatic heterocycles. The van der Waals surface area contributed by atoms with Crippen molar-refractivity contribution < 1.29 is 19.2 Å². The maximum Gasteiger partial charge on any atom is 0.321 e. The van der Waals surface area contributed by atoms with E-state index in [0.29, 0.717) is 36.9 Å². The first-order valence-corrected chi connectivity index (χ1v) is 8.25. The number of nitro benzene ring substituents is 1. The average Bonchev–Trinajstić information content (AvgIpc) is 2.66. The maximum atomic E-state index is 12.5. The number of carbonyl (C=O) groups is 1. The van der Waals surface area contributed by atoms with Crippen LogP contribution in [0.5, 0.6) is 11.5 Å². The van der Waals surface area contributed by atoms with E-state index in [1.807, 2.05) is 31.2 Å². The van der Waals surface area contributed by atoms with E-state index in [2.05, 4.69) is 5.32 Å². The lowest BCUT2D eigenvalue weighted by molar-refractivity contribution is -0.384. The van der Waals surface area contributed by atoms with Gasteiger partial charge in [0.2, 0.25) is 0 Å². The van der Waals surface area contributed by atoms with Crippen LogP contribution >= 0.6 is 0 Å². The van der Waals surface area contributed by atoms with Gasteiger partial charge in [0, 0.05) is 24.4 Å². The van der Waals surface area contributed by atoms with Crippen molar-refractivity contribution in [3.8, 4) is 11.5 Å². The SMILES string of the molecule is CCN(CC1COc2ccccc2O1)C(=O)Nc1ccc([N+](=O)[O-])cc1. The lowest BCUT2D eigenvalue weighted by Gasteiger charge is -2.30. The van der Waals surface area contributed by atoms with E-state index in [1.165, 1.54) is 24.3 Å². The van der Waals surface area contributed by atoms with Crippen LogP contribution < -0.4 is 14.8 Å². The molecule has 8 heteroatoms. The summed E-state index contributed by atoms with van der Waals surface area (Å²) in [5.74, 6) is 1.36. The summed E-state index contributed by atoms with van der Waals surface area (Å²) in [6.45, 7) is 3.08. The Morgan fingerprint density at radius 3 is 2.58 bits per heavy atom. The number of amides is 2. The van der Waals surface area contributed by atoms with Gasteiger partial charge in [-0.25, -0.2) is 4.79 Å². The summed E-state index contributed by atoms with van der Waals surface area (Å²) < 4.78 is 11.6. The van der Waals surface area contributed by atoms with Gasteiger partial charge in [0.1, 0.15) is 6.61 Å². The number of nitrogens with zero attached hydrogens (tertiary/aromatic N) is 2. The third-order valence-corrected chi connectivity index (χ3v) is 3.99. The predicted molar refractivity (Wildman–Crippen MR) is 95.7 cm³/mol. The molecule has 0 spiro atoms. The molecule has 136 valence electrons. The number of ether oxygens (including phenoxy) is 2. The summed E-state index contributed by atoms with van der Waals surface area (Å²) in [6.07, 6.45) is -0.271. The topological polar surface area (TPSA) is 93.9 Å². The fraction of sp³-hybridized carbons (Fsp3) is 0.278. The van der Waals surface area contributed by atoms with Crippen molar-refractivity contribution in [2.45, 2.75) is 13.0 Å². The van der Waals surface area contributed by atoms with Crippen LogP contribution in [0, 0.1) is 10.1 Å². The molecule has 3 rings (SSSR count). The van der Waals surface area contributed by atoms with Crippen molar-refractivity contribution in [3.05, 3.63) is 58.6 Å². The van der Waals surface area contributed by atoms with E-state index in [-0.39, 0.29) is 17.8 Å². The van der Waals surface area contributed by atoms with E-state index in [1.54, 1.807) is 4.90 Å². The molecule has 8 nitrogen and oxygen atoms in total. The molecule has 1 N–H and O–H groups in total. The lowest BCUT2D eigenvalue weighted by atomic mass is 10.2. The fourth-order valence-electron chi connectivity index (χ4n) is 2.62.